The molecule has 0 spiro atoms. The molecule has 2 aromatic rings. The summed E-state index contributed by atoms with van der Waals surface area (Å²) in [6.45, 7) is 5.24. The van der Waals surface area contributed by atoms with Crippen molar-refractivity contribution in [1.82, 2.24) is 15.1 Å². The van der Waals surface area contributed by atoms with Gasteiger partial charge in [-0.25, -0.2) is 13.2 Å². The van der Waals surface area contributed by atoms with Gasteiger partial charge in [0.05, 0.1) is 12.3 Å². The molecule has 30 heavy (non-hydrogen) atoms. The summed E-state index contributed by atoms with van der Waals surface area (Å²) in [5.74, 6) is -0.531. The summed E-state index contributed by atoms with van der Waals surface area (Å²) in [6.07, 6.45) is 3.36. The third-order valence-electron chi connectivity index (χ3n) is 6.65. The van der Waals surface area contributed by atoms with Crippen LogP contribution in [0.1, 0.15) is 19.3 Å². The fraction of sp³-hybridized carbons (Fsp3) is 0.545. The molecule has 0 bridgehead atoms. The number of benzene rings is 1. The molecule has 4 atom stereocenters. The summed E-state index contributed by atoms with van der Waals surface area (Å²) in [5.41, 5.74) is -0.124. The van der Waals surface area contributed by atoms with E-state index in [1.165, 1.54) is 12.5 Å². The molecule has 3 heterocycles. The van der Waals surface area contributed by atoms with Crippen LogP contribution in [0.25, 0.3) is 11.3 Å². The van der Waals surface area contributed by atoms with Crippen LogP contribution in [0.3, 0.4) is 0 Å². The van der Waals surface area contributed by atoms with E-state index in [1.54, 1.807) is 6.07 Å². The SMILES string of the molecule is Fc1cc(F)c(F)c(-c2ccc(N[C@H]3C[C@@H]4CN(C[C@H]5CCOC5)C[C@@H]4C3)nn2)c1. The summed E-state index contributed by atoms with van der Waals surface area (Å²) in [4.78, 5) is 2.59. The van der Waals surface area contributed by atoms with E-state index < -0.39 is 17.5 Å². The van der Waals surface area contributed by atoms with E-state index in [0.717, 1.165) is 51.8 Å². The fourth-order valence-corrected chi connectivity index (χ4v) is 5.26. The topological polar surface area (TPSA) is 50.3 Å². The quantitative estimate of drug-likeness (QED) is 0.750. The summed E-state index contributed by atoms with van der Waals surface area (Å²) in [7, 11) is 0. The minimum absolute atomic E-state index is 0.103. The summed E-state index contributed by atoms with van der Waals surface area (Å²) < 4.78 is 46.3. The van der Waals surface area contributed by atoms with Crippen LogP contribution in [-0.2, 0) is 4.74 Å². The number of halogens is 3. The van der Waals surface area contributed by atoms with Crippen molar-refractivity contribution in [3.05, 3.63) is 41.7 Å². The maximum Gasteiger partial charge on any atom is 0.168 e. The lowest BCUT2D eigenvalue weighted by molar-refractivity contribution is 0.171. The number of hydrogen-bond acceptors (Lipinski definition) is 5. The maximum absolute atomic E-state index is 14.0. The van der Waals surface area contributed by atoms with Crippen LogP contribution in [0.5, 0.6) is 0 Å². The number of anilines is 1. The van der Waals surface area contributed by atoms with Crippen molar-refractivity contribution in [2.45, 2.75) is 25.3 Å². The van der Waals surface area contributed by atoms with Gasteiger partial charge in [-0.15, -0.1) is 10.2 Å². The second-order valence-corrected chi connectivity index (χ2v) is 8.83. The Bertz CT molecular complexity index is 890. The Labute approximate surface area is 173 Å². The van der Waals surface area contributed by atoms with Crippen LogP contribution < -0.4 is 5.32 Å². The minimum Gasteiger partial charge on any atom is -0.381 e. The van der Waals surface area contributed by atoms with Gasteiger partial charge < -0.3 is 15.0 Å². The minimum atomic E-state index is -1.24. The van der Waals surface area contributed by atoms with Gasteiger partial charge in [0, 0.05) is 43.9 Å². The van der Waals surface area contributed by atoms with E-state index in [9.17, 15) is 13.2 Å². The third-order valence-corrected chi connectivity index (χ3v) is 6.65. The van der Waals surface area contributed by atoms with Crippen LogP contribution >= 0.6 is 0 Å². The van der Waals surface area contributed by atoms with Gasteiger partial charge in [-0.2, -0.15) is 0 Å². The highest BCUT2D eigenvalue weighted by Crippen LogP contribution is 2.39. The predicted molar refractivity (Wildman–Crippen MR) is 106 cm³/mol. The van der Waals surface area contributed by atoms with Crippen molar-refractivity contribution in [2.75, 3.05) is 38.2 Å². The number of aromatic nitrogens is 2. The molecule has 1 saturated carbocycles. The Kier molecular flexibility index (Phi) is 5.37. The molecule has 8 heteroatoms. The number of fused-ring (bicyclic) bond motifs is 1. The van der Waals surface area contributed by atoms with Crippen LogP contribution in [-0.4, -0.2) is 54.0 Å². The van der Waals surface area contributed by atoms with E-state index in [-0.39, 0.29) is 11.3 Å². The molecule has 2 saturated heterocycles. The molecule has 0 radical (unpaired) electrons. The standard InChI is InChI=1S/C22H25F3N4O/c23-16-7-18(22(25)19(24)8-16)20-1-2-21(28-27-20)26-17-5-14-10-29(11-15(14)6-17)9-13-3-4-30-12-13/h1-2,7-8,13-15,17H,3-6,9-12H2,(H,26,28)/t13-,14-,15+,17+/m1/s1. The molecule has 2 aliphatic heterocycles. The molecule has 1 N–H and O–H groups in total. The van der Waals surface area contributed by atoms with E-state index in [1.807, 2.05) is 0 Å². The van der Waals surface area contributed by atoms with E-state index >= 15 is 0 Å². The zero-order chi connectivity index (χ0) is 20.7. The van der Waals surface area contributed by atoms with Crippen LogP contribution in [0.2, 0.25) is 0 Å². The van der Waals surface area contributed by atoms with Gasteiger partial charge in [0.15, 0.2) is 11.6 Å². The Morgan fingerprint density at radius 2 is 1.87 bits per heavy atom. The number of likely N-dealkylation sites (tertiary alicyclic amines) is 1. The van der Waals surface area contributed by atoms with Gasteiger partial charge in [0.2, 0.25) is 0 Å². The van der Waals surface area contributed by atoms with Gasteiger partial charge >= 0.3 is 0 Å². The average molecular weight is 418 g/mol. The molecule has 1 aromatic heterocycles. The summed E-state index contributed by atoms with van der Waals surface area (Å²) >= 11 is 0. The second-order valence-electron chi connectivity index (χ2n) is 8.83. The Balaban J connectivity index is 1.17. The molecule has 3 aliphatic rings. The number of nitrogens with one attached hydrogen (secondary N) is 1. The van der Waals surface area contributed by atoms with Gasteiger partial charge in [-0.1, -0.05) is 0 Å². The second kappa shape index (κ2) is 8.15. The zero-order valence-corrected chi connectivity index (χ0v) is 16.7. The first kappa shape index (κ1) is 19.8. The van der Waals surface area contributed by atoms with Crippen molar-refractivity contribution >= 4 is 5.82 Å². The molecule has 5 nitrogen and oxygen atoms in total. The Hall–Kier alpha value is -2.19. The van der Waals surface area contributed by atoms with Crippen molar-refractivity contribution in [1.29, 1.82) is 0 Å². The smallest absolute Gasteiger partial charge is 0.168 e. The number of ether oxygens (including phenoxy) is 1. The number of rotatable bonds is 5. The molecule has 5 rings (SSSR count). The molecular formula is C22H25F3N4O. The Morgan fingerprint density at radius 3 is 2.53 bits per heavy atom. The molecule has 1 aromatic carbocycles. The highest BCUT2D eigenvalue weighted by molar-refractivity contribution is 5.60. The van der Waals surface area contributed by atoms with Crippen molar-refractivity contribution in [2.24, 2.45) is 17.8 Å². The van der Waals surface area contributed by atoms with E-state index in [0.29, 0.717) is 35.7 Å². The lowest BCUT2D eigenvalue weighted by Crippen LogP contribution is -2.30. The largest absolute Gasteiger partial charge is 0.381 e. The van der Waals surface area contributed by atoms with Gasteiger partial charge in [0.1, 0.15) is 11.6 Å². The normalized spacial score (nSPS) is 28.8. The zero-order valence-electron chi connectivity index (χ0n) is 16.7. The van der Waals surface area contributed by atoms with Crippen molar-refractivity contribution < 1.29 is 17.9 Å². The molecule has 3 fully saturated rings. The molecule has 0 amide bonds. The number of nitrogens with zero attached hydrogens (tertiary/aromatic N) is 3. The van der Waals surface area contributed by atoms with E-state index in [2.05, 4.69) is 20.4 Å². The monoisotopic (exact) mass is 418 g/mol. The summed E-state index contributed by atoms with van der Waals surface area (Å²) in [5, 5.41) is 11.5. The first-order valence-corrected chi connectivity index (χ1v) is 10.6. The van der Waals surface area contributed by atoms with Crippen LogP contribution in [0.4, 0.5) is 19.0 Å². The highest BCUT2D eigenvalue weighted by Gasteiger charge is 2.41. The average Bonchev–Trinajstić information content (AvgIpc) is 3.43. The molecule has 160 valence electrons. The maximum atomic E-state index is 14.0. The van der Waals surface area contributed by atoms with E-state index in [4.69, 9.17) is 4.74 Å². The van der Waals surface area contributed by atoms with Crippen LogP contribution in [0.15, 0.2) is 24.3 Å². The lowest BCUT2D eigenvalue weighted by atomic mass is 10.0. The lowest BCUT2D eigenvalue weighted by Gasteiger charge is -2.22. The van der Waals surface area contributed by atoms with Crippen LogP contribution in [0, 0.1) is 35.2 Å². The third kappa shape index (κ3) is 4.03. The van der Waals surface area contributed by atoms with Gasteiger partial charge in [0.25, 0.3) is 0 Å². The Morgan fingerprint density at radius 1 is 1.07 bits per heavy atom. The molecule has 1 aliphatic carbocycles. The van der Waals surface area contributed by atoms with Gasteiger partial charge in [-0.05, 0) is 55.2 Å². The molecular weight excluding hydrogens is 393 g/mol. The first-order chi connectivity index (χ1) is 14.5. The first-order valence-electron chi connectivity index (χ1n) is 10.6. The van der Waals surface area contributed by atoms with Crippen molar-refractivity contribution in [3.8, 4) is 11.3 Å². The number of hydrogen-bond donors (Lipinski definition) is 1. The fourth-order valence-electron chi connectivity index (χ4n) is 5.26. The van der Waals surface area contributed by atoms with Crippen molar-refractivity contribution in [3.63, 3.8) is 0 Å². The summed E-state index contributed by atoms with van der Waals surface area (Å²) in [6, 6.07) is 5.00. The predicted octanol–water partition coefficient (Wildman–Crippen LogP) is 3.72. The van der Waals surface area contributed by atoms with Gasteiger partial charge in [-0.3, -0.25) is 0 Å². The highest BCUT2D eigenvalue weighted by atomic mass is 19.2. The molecule has 0 unspecified atom stereocenters.